The molecule has 0 aromatic carbocycles. The molecule has 0 radical (unpaired) electrons. The molecule has 0 aliphatic carbocycles. The topological polar surface area (TPSA) is 28.5 Å². The van der Waals surface area contributed by atoms with Crippen LogP contribution in [0, 0.1) is 0 Å². The van der Waals surface area contributed by atoms with Crippen LogP contribution in [0.5, 0.6) is 0 Å². The normalized spacial score (nSPS) is 0. The summed E-state index contributed by atoms with van der Waals surface area (Å²) in [6.45, 7) is 0. The summed E-state index contributed by atoms with van der Waals surface area (Å²) in [5.41, 5.74) is 0. The Morgan fingerprint density at radius 1 is 1.00 bits per heavy atom. The standard InChI is InChI=1S/Ba.Mg.O.Ta/q2*+2;-2;+5. The van der Waals surface area contributed by atoms with Gasteiger partial charge in [-0.15, -0.1) is 0 Å². The van der Waals surface area contributed by atoms with E-state index >= 15 is 0 Å². The van der Waals surface area contributed by atoms with Gasteiger partial charge in [0, 0.05) is 0 Å². The molecule has 8 valence electrons. The molecule has 0 unspecified atom stereocenters. The molecule has 0 heterocycles. The first-order valence-corrected chi connectivity index (χ1v) is 0. The summed E-state index contributed by atoms with van der Waals surface area (Å²) in [5, 5.41) is 0. The Morgan fingerprint density at radius 3 is 1.00 bits per heavy atom. The molecule has 0 bridgehead atoms. The minimum Gasteiger partial charge on any atom is -2.00 e. The quantitative estimate of drug-likeness (QED) is 0.503. The third-order valence-electron chi connectivity index (χ3n) is 0. The molecule has 0 aromatic rings. The minimum absolute atomic E-state index is 0. The van der Waals surface area contributed by atoms with Gasteiger partial charge in [-0.25, -0.2) is 0 Å². The van der Waals surface area contributed by atoms with Crippen molar-refractivity contribution >= 4 is 71.9 Å². The summed E-state index contributed by atoms with van der Waals surface area (Å²) in [6.07, 6.45) is 0. The SMILES string of the molecule is [Ba+2].[Mg+2].[O-2].[Ta+5]. The molecular formula is BaMgOTa+7. The van der Waals surface area contributed by atoms with Gasteiger partial charge in [-0.05, 0) is 0 Å². The Hall–Kier alpha value is 3.04. The van der Waals surface area contributed by atoms with Crippen molar-refractivity contribution in [1.29, 1.82) is 0 Å². The van der Waals surface area contributed by atoms with Crippen molar-refractivity contribution in [3.63, 3.8) is 0 Å². The van der Waals surface area contributed by atoms with Gasteiger partial charge in [0.15, 0.2) is 0 Å². The van der Waals surface area contributed by atoms with Crippen LogP contribution in [-0.4, -0.2) is 71.9 Å². The fraction of sp³-hybridized carbons (Fsp3) is 0. The molecule has 0 aromatic heterocycles. The van der Waals surface area contributed by atoms with Gasteiger partial charge < -0.3 is 5.48 Å². The van der Waals surface area contributed by atoms with E-state index in [1.54, 1.807) is 0 Å². The molecule has 4 heteroatoms. The minimum atomic E-state index is 0. The van der Waals surface area contributed by atoms with Crippen LogP contribution in [0.1, 0.15) is 0 Å². The summed E-state index contributed by atoms with van der Waals surface area (Å²) >= 11 is 0. The van der Waals surface area contributed by atoms with Crippen molar-refractivity contribution in [1.82, 2.24) is 0 Å². The molecule has 0 saturated heterocycles. The van der Waals surface area contributed by atoms with Crippen molar-refractivity contribution in [3.05, 3.63) is 0 Å². The largest absolute Gasteiger partial charge is 5.00 e. The predicted octanol–water partition coefficient (Wildman–Crippen LogP) is -0.883. The van der Waals surface area contributed by atoms with E-state index in [9.17, 15) is 0 Å². The molecule has 0 N–H and O–H groups in total. The van der Waals surface area contributed by atoms with Crippen LogP contribution >= 0.6 is 0 Å². The van der Waals surface area contributed by atoms with Crippen LogP contribution in [0.2, 0.25) is 0 Å². The number of rotatable bonds is 0. The van der Waals surface area contributed by atoms with Crippen molar-refractivity contribution < 1.29 is 27.9 Å². The fourth-order valence-corrected chi connectivity index (χ4v) is 0. The van der Waals surface area contributed by atoms with Gasteiger partial charge in [-0.3, -0.25) is 0 Å². The van der Waals surface area contributed by atoms with Gasteiger partial charge in [0.05, 0.1) is 0 Å². The van der Waals surface area contributed by atoms with Crippen LogP contribution in [0.4, 0.5) is 0 Å². The van der Waals surface area contributed by atoms with E-state index in [1.807, 2.05) is 0 Å². The molecule has 0 aliphatic rings. The monoisotopic (exact) mass is 359 g/mol. The Morgan fingerprint density at radius 2 is 1.00 bits per heavy atom. The molecule has 1 nitrogen and oxygen atoms in total. The summed E-state index contributed by atoms with van der Waals surface area (Å²) in [7, 11) is 0. The van der Waals surface area contributed by atoms with Crippen molar-refractivity contribution in [2.75, 3.05) is 0 Å². The molecule has 4 heavy (non-hydrogen) atoms. The summed E-state index contributed by atoms with van der Waals surface area (Å²) in [4.78, 5) is 0. The molecular weight excluding hydrogens is 359 g/mol. The molecule has 0 atom stereocenters. The molecule has 0 rings (SSSR count). The third kappa shape index (κ3) is 8.90. The molecule has 0 spiro atoms. The molecule has 0 saturated carbocycles. The van der Waals surface area contributed by atoms with Crippen LogP contribution in [-0.2, 0) is 27.9 Å². The van der Waals surface area contributed by atoms with E-state index in [4.69, 9.17) is 0 Å². The van der Waals surface area contributed by atoms with E-state index in [-0.39, 0.29) is 99.8 Å². The zero-order valence-corrected chi connectivity index (χ0v) is 11.3. The predicted molar refractivity (Wildman–Crippen MR) is 12.2 cm³/mol. The van der Waals surface area contributed by atoms with Crippen molar-refractivity contribution in [3.8, 4) is 0 Å². The maximum atomic E-state index is 0. The first-order valence-electron chi connectivity index (χ1n) is 0. The Labute approximate surface area is 97.3 Å². The number of hydrogen-bond acceptors (Lipinski definition) is 0. The Balaban J connectivity index is 0. The first kappa shape index (κ1) is 27.8. The second-order valence-electron chi connectivity index (χ2n) is 0. The molecule has 0 aliphatic heterocycles. The third-order valence-corrected chi connectivity index (χ3v) is 0. The van der Waals surface area contributed by atoms with E-state index in [2.05, 4.69) is 0 Å². The summed E-state index contributed by atoms with van der Waals surface area (Å²) in [5.74, 6) is 0. The second kappa shape index (κ2) is 16.6. The maximum Gasteiger partial charge on any atom is 5.00 e. The van der Waals surface area contributed by atoms with Crippen LogP contribution in [0.25, 0.3) is 0 Å². The average Bonchev–Trinajstić information content (AvgIpc) is 0. The number of hydrogen-bond donors (Lipinski definition) is 0. The summed E-state index contributed by atoms with van der Waals surface area (Å²) in [6, 6.07) is 0. The zero-order chi connectivity index (χ0) is 0. The van der Waals surface area contributed by atoms with Crippen LogP contribution in [0.15, 0.2) is 0 Å². The van der Waals surface area contributed by atoms with Gasteiger partial charge in [-0.1, -0.05) is 0 Å². The van der Waals surface area contributed by atoms with E-state index < -0.39 is 0 Å². The van der Waals surface area contributed by atoms with Crippen LogP contribution in [0.3, 0.4) is 0 Å². The molecule has 0 fully saturated rings. The smallest absolute Gasteiger partial charge is 2.00 e. The van der Waals surface area contributed by atoms with Crippen LogP contribution < -0.4 is 0 Å². The average molecular weight is 359 g/mol. The van der Waals surface area contributed by atoms with Crippen molar-refractivity contribution in [2.24, 2.45) is 0 Å². The Bertz CT molecular complexity index is 8.00. The van der Waals surface area contributed by atoms with Gasteiger partial charge in [0.1, 0.15) is 0 Å². The zero-order valence-electron chi connectivity index (χ0n) is 2.27. The first-order chi connectivity index (χ1) is 0. The van der Waals surface area contributed by atoms with E-state index in [0.717, 1.165) is 0 Å². The van der Waals surface area contributed by atoms with E-state index in [1.165, 1.54) is 0 Å². The Kier molecular flexibility index (Phi) is 115. The molecule has 0 amide bonds. The van der Waals surface area contributed by atoms with Gasteiger partial charge >= 0.3 is 94.3 Å². The summed E-state index contributed by atoms with van der Waals surface area (Å²) < 4.78 is 0. The fourth-order valence-electron chi connectivity index (χ4n) is 0. The maximum absolute atomic E-state index is 0. The van der Waals surface area contributed by atoms with Gasteiger partial charge in [0.25, 0.3) is 0 Å². The van der Waals surface area contributed by atoms with Crippen molar-refractivity contribution in [2.45, 2.75) is 0 Å². The van der Waals surface area contributed by atoms with Gasteiger partial charge in [0.2, 0.25) is 0 Å². The second-order valence-corrected chi connectivity index (χ2v) is 0. The van der Waals surface area contributed by atoms with E-state index in [0.29, 0.717) is 0 Å². The van der Waals surface area contributed by atoms with Gasteiger partial charge in [-0.2, -0.15) is 0 Å².